The third-order valence-corrected chi connectivity index (χ3v) is 2.79. The number of fused-ring (bicyclic) bond motifs is 1. The molecule has 0 radical (unpaired) electrons. The zero-order valence-electron chi connectivity index (χ0n) is 7.63. The van der Waals surface area contributed by atoms with Crippen LogP contribution >= 0.6 is 11.6 Å². The highest BCUT2D eigenvalue weighted by Crippen LogP contribution is 2.30. The molecule has 0 fully saturated rings. The summed E-state index contributed by atoms with van der Waals surface area (Å²) in [5, 5.41) is 0.804. The molecule has 13 heavy (non-hydrogen) atoms. The topological polar surface area (TPSA) is 29.3 Å². The maximum Gasteiger partial charge on any atom is 0.0457 e. The highest BCUT2D eigenvalue weighted by Gasteiger charge is 2.21. The average Bonchev–Trinajstić information content (AvgIpc) is 2.02. The molecule has 1 unspecified atom stereocenters. The van der Waals surface area contributed by atoms with E-state index in [1.54, 1.807) is 0 Å². The quantitative estimate of drug-likeness (QED) is 0.686. The second-order valence-electron chi connectivity index (χ2n) is 3.62. The summed E-state index contributed by atoms with van der Waals surface area (Å²) in [5.41, 5.74) is 8.40. The van der Waals surface area contributed by atoms with E-state index in [1.165, 1.54) is 5.56 Å². The van der Waals surface area contributed by atoms with Gasteiger partial charge < -0.3 is 10.6 Å². The minimum atomic E-state index is 0.0578. The fourth-order valence-corrected chi connectivity index (χ4v) is 2.25. The van der Waals surface area contributed by atoms with E-state index in [0.717, 1.165) is 23.7 Å². The molecule has 0 aromatic heterocycles. The number of halogens is 1. The monoisotopic (exact) mass is 196 g/mol. The van der Waals surface area contributed by atoms with Crippen LogP contribution in [0.15, 0.2) is 18.2 Å². The summed E-state index contributed by atoms with van der Waals surface area (Å²) in [6, 6.07) is 6.04. The van der Waals surface area contributed by atoms with E-state index in [9.17, 15) is 0 Å². The van der Waals surface area contributed by atoms with E-state index in [4.69, 9.17) is 17.3 Å². The lowest BCUT2D eigenvalue weighted by Crippen LogP contribution is -2.34. The van der Waals surface area contributed by atoms with Crippen LogP contribution in [-0.2, 0) is 6.54 Å². The molecule has 0 amide bonds. The van der Waals surface area contributed by atoms with Gasteiger partial charge in [0, 0.05) is 24.2 Å². The standard InChI is InChI=1S/C10H13ClN2/c1-13-5-7-3-2-4-8(11)10(7)9(12)6-13/h2-4,9H,5-6,12H2,1H3. The molecule has 0 aliphatic carbocycles. The molecule has 1 atom stereocenters. The van der Waals surface area contributed by atoms with Crippen molar-refractivity contribution in [3.63, 3.8) is 0 Å². The van der Waals surface area contributed by atoms with Crippen molar-refractivity contribution in [2.45, 2.75) is 12.6 Å². The number of hydrogen-bond acceptors (Lipinski definition) is 2. The molecule has 1 aliphatic heterocycles. The first kappa shape index (κ1) is 9.00. The predicted octanol–water partition coefficient (Wildman–Crippen LogP) is 1.79. The number of likely N-dealkylation sites (N-methyl/N-ethyl adjacent to an activating group) is 1. The molecule has 0 bridgehead atoms. The van der Waals surface area contributed by atoms with Crippen molar-refractivity contribution < 1.29 is 0 Å². The van der Waals surface area contributed by atoms with Gasteiger partial charge in [0.1, 0.15) is 0 Å². The van der Waals surface area contributed by atoms with Crippen LogP contribution in [0.3, 0.4) is 0 Å². The number of benzene rings is 1. The van der Waals surface area contributed by atoms with Crippen LogP contribution in [0.5, 0.6) is 0 Å². The van der Waals surface area contributed by atoms with Gasteiger partial charge in [-0.2, -0.15) is 0 Å². The van der Waals surface area contributed by atoms with E-state index in [0.29, 0.717) is 0 Å². The summed E-state index contributed by atoms with van der Waals surface area (Å²) in [5.74, 6) is 0. The molecule has 1 aromatic rings. The summed E-state index contributed by atoms with van der Waals surface area (Å²) in [6.07, 6.45) is 0. The largest absolute Gasteiger partial charge is 0.323 e. The number of nitrogens with two attached hydrogens (primary N) is 1. The SMILES string of the molecule is CN1Cc2cccc(Cl)c2C(N)C1. The number of rotatable bonds is 0. The summed E-state index contributed by atoms with van der Waals surface area (Å²) in [6.45, 7) is 1.83. The van der Waals surface area contributed by atoms with Crippen molar-refractivity contribution in [3.05, 3.63) is 34.3 Å². The summed E-state index contributed by atoms with van der Waals surface area (Å²) in [7, 11) is 2.07. The molecule has 0 saturated carbocycles. The molecule has 3 heteroatoms. The first-order valence-electron chi connectivity index (χ1n) is 4.40. The van der Waals surface area contributed by atoms with Gasteiger partial charge in [-0.25, -0.2) is 0 Å². The van der Waals surface area contributed by atoms with Crippen LogP contribution in [0.25, 0.3) is 0 Å². The van der Waals surface area contributed by atoms with Gasteiger partial charge in [-0.3, -0.25) is 0 Å². The van der Waals surface area contributed by atoms with E-state index >= 15 is 0 Å². The third-order valence-electron chi connectivity index (χ3n) is 2.46. The lowest BCUT2D eigenvalue weighted by molar-refractivity contribution is 0.283. The van der Waals surface area contributed by atoms with Crippen LogP contribution in [0.1, 0.15) is 17.2 Å². The smallest absolute Gasteiger partial charge is 0.0457 e. The van der Waals surface area contributed by atoms with Gasteiger partial charge in [0.25, 0.3) is 0 Å². The Labute approximate surface area is 83.3 Å². The van der Waals surface area contributed by atoms with Gasteiger partial charge in [-0.05, 0) is 24.2 Å². The Morgan fingerprint density at radius 1 is 1.54 bits per heavy atom. The van der Waals surface area contributed by atoms with Crippen molar-refractivity contribution in [2.24, 2.45) is 5.73 Å². The summed E-state index contributed by atoms with van der Waals surface area (Å²) in [4.78, 5) is 2.21. The van der Waals surface area contributed by atoms with Crippen LogP contribution in [0.2, 0.25) is 5.02 Å². The molecule has 1 aliphatic rings. The minimum Gasteiger partial charge on any atom is -0.323 e. The van der Waals surface area contributed by atoms with Crippen molar-refractivity contribution in [1.82, 2.24) is 4.90 Å². The minimum absolute atomic E-state index is 0.0578. The maximum atomic E-state index is 6.09. The van der Waals surface area contributed by atoms with Crippen LogP contribution in [-0.4, -0.2) is 18.5 Å². The maximum absolute atomic E-state index is 6.09. The van der Waals surface area contributed by atoms with Crippen LogP contribution in [0.4, 0.5) is 0 Å². The first-order chi connectivity index (χ1) is 6.18. The first-order valence-corrected chi connectivity index (χ1v) is 4.77. The number of hydrogen-bond donors (Lipinski definition) is 1. The van der Waals surface area contributed by atoms with E-state index in [1.807, 2.05) is 12.1 Å². The molecule has 2 nitrogen and oxygen atoms in total. The van der Waals surface area contributed by atoms with Gasteiger partial charge in [-0.15, -0.1) is 0 Å². The highest BCUT2D eigenvalue weighted by molar-refractivity contribution is 6.31. The van der Waals surface area contributed by atoms with Gasteiger partial charge in [0.2, 0.25) is 0 Å². The number of nitrogens with zero attached hydrogens (tertiary/aromatic N) is 1. The Bertz CT molecular complexity index is 325. The zero-order valence-corrected chi connectivity index (χ0v) is 8.38. The normalized spacial score (nSPS) is 22.8. The fourth-order valence-electron chi connectivity index (χ4n) is 1.92. The Morgan fingerprint density at radius 3 is 3.08 bits per heavy atom. The molecule has 0 saturated heterocycles. The summed E-state index contributed by atoms with van der Waals surface area (Å²) < 4.78 is 0. The van der Waals surface area contributed by atoms with Crippen molar-refractivity contribution in [3.8, 4) is 0 Å². The van der Waals surface area contributed by atoms with Crippen molar-refractivity contribution in [1.29, 1.82) is 0 Å². The highest BCUT2D eigenvalue weighted by atomic mass is 35.5. The molecule has 70 valence electrons. The molecular weight excluding hydrogens is 184 g/mol. The van der Waals surface area contributed by atoms with E-state index < -0.39 is 0 Å². The molecule has 1 aromatic carbocycles. The fraction of sp³-hybridized carbons (Fsp3) is 0.400. The van der Waals surface area contributed by atoms with Gasteiger partial charge in [-0.1, -0.05) is 23.7 Å². The lowest BCUT2D eigenvalue weighted by atomic mass is 9.96. The second kappa shape index (κ2) is 3.29. The Kier molecular flexibility index (Phi) is 2.28. The summed E-state index contributed by atoms with van der Waals surface area (Å²) >= 11 is 6.09. The Balaban J connectivity index is 2.49. The van der Waals surface area contributed by atoms with Gasteiger partial charge in [0.15, 0.2) is 0 Å². The van der Waals surface area contributed by atoms with E-state index in [2.05, 4.69) is 18.0 Å². The van der Waals surface area contributed by atoms with Gasteiger partial charge >= 0.3 is 0 Å². The van der Waals surface area contributed by atoms with Crippen LogP contribution < -0.4 is 5.73 Å². The van der Waals surface area contributed by atoms with Crippen LogP contribution in [0, 0.1) is 0 Å². The molecule has 2 rings (SSSR count). The second-order valence-corrected chi connectivity index (χ2v) is 4.02. The molecule has 0 spiro atoms. The van der Waals surface area contributed by atoms with Crippen molar-refractivity contribution >= 4 is 11.6 Å². The average molecular weight is 197 g/mol. The van der Waals surface area contributed by atoms with Crippen molar-refractivity contribution in [2.75, 3.05) is 13.6 Å². The van der Waals surface area contributed by atoms with Gasteiger partial charge in [0.05, 0.1) is 0 Å². The van der Waals surface area contributed by atoms with E-state index in [-0.39, 0.29) is 6.04 Å². The molecule has 1 heterocycles. The third kappa shape index (κ3) is 1.57. The lowest BCUT2D eigenvalue weighted by Gasteiger charge is -2.30. The molecular formula is C10H13ClN2. The Hall–Kier alpha value is -0.570. The zero-order chi connectivity index (χ0) is 9.42. The predicted molar refractivity (Wildman–Crippen MR) is 54.7 cm³/mol. The molecule has 2 N–H and O–H groups in total. The Morgan fingerprint density at radius 2 is 2.31 bits per heavy atom.